The standard InChI is InChI=1S/C20H19ClF3N3O2S/c1-13-12-27(30(28,29)18-7-4-16(5-8-18)20(22,23)24)14(2)11-26(13)17-6-3-15(10-25)19(21)9-17/h3-9,13-14H,11-12H2,1-2H3/t13-,14+/m0/s1. The van der Waals surface area contributed by atoms with Gasteiger partial charge < -0.3 is 4.90 Å². The third kappa shape index (κ3) is 4.26. The van der Waals surface area contributed by atoms with Gasteiger partial charge in [-0.3, -0.25) is 0 Å². The largest absolute Gasteiger partial charge is 0.416 e. The lowest BCUT2D eigenvalue weighted by Crippen LogP contribution is -2.58. The van der Waals surface area contributed by atoms with Crippen LogP contribution in [0.25, 0.3) is 0 Å². The second-order valence-electron chi connectivity index (χ2n) is 7.22. The highest BCUT2D eigenvalue weighted by Gasteiger charge is 2.38. The van der Waals surface area contributed by atoms with Gasteiger partial charge in [-0.1, -0.05) is 11.6 Å². The predicted molar refractivity (Wildman–Crippen MR) is 108 cm³/mol. The molecule has 0 spiro atoms. The highest BCUT2D eigenvalue weighted by molar-refractivity contribution is 7.89. The molecule has 1 aliphatic heterocycles. The maximum absolute atomic E-state index is 13.1. The molecule has 3 rings (SSSR count). The van der Waals surface area contributed by atoms with Crippen LogP contribution in [0.2, 0.25) is 5.02 Å². The van der Waals surface area contributed by atoms with E-state index in [0.717, 1.165) is 30.0 Å². The molecule has 1 saturated heterocycles. The van der Waals surface area contributed by atoms with Crippen molar-refractivity contribution in [1.82, 2.24) is 4.31 Å². The van der Waals surface area contributed by atoms with Crippen LogP contribution in [-0.4, -0.2) is 37.9 Å². The van der Waals surface area contributed by atoms with Crippen molar-refractivity contribution in [2.45, 2.75) is 37.0 Å². The van der Waals surface area contributed by atoms with E-state index in [9.17, 15) is 21.6 Å². The van der Waals surface area contributed by atoms with Gasteiger partial charge in [0.25, 0.3) is 0 Å². The van der Waals surface area contributed by atoms with E-state index in [1.165, 1.54) is 4.31 Å². The van der Waals surface area contributed by atoms with Gasteiger partial charge in [0.2, 0.25) is 10.0 Å². The third-order valence-electron chi connectivity index (χ3n) is 5.12. The molecule has 0 amide bonds. The lowest BCUT2D eigenvalue weighted by molar-refractivity contribution is -0.137. The highest BCUT2D eigenvalue weighted by atomic mass is 35.5. The number of nitrogens with zero attached hydrogens (tertiary/aromatic N) is 3. The topological polar surface area (TPSA) is 64.4 Å². The molecule has 30 heavy (non-hydrogen) atoms. The van der Waals surface area contributed by atoms with Crippen molar-refractivity contribution in [1.29, 1.82) is 5.26 Å². The first-order valence-corrected chi connectivity index (χ1v) is 10.9. The molecule has 2 atom stereocenters. The average Bonchev–Trinajstić information content (AvgIpc) is 2.68. The molecule has 0 bridgehead atoms. The van der Waals surface area contributed by atoms with E-state index in [1.807, 2.05) is 17.9 Å². The second kappa shape index (κ2) is 8.10. The van der Waals surface area contributed by atoms with Gasteiger partial charge in [-0.25, -0.2) is 8.42 Å². The van der Waals surface area contributed by atoms with Gasteiger partial charge in [0.15, 0.2) is 0 Å². The first-order valence-electron chi connectivity index (χ1n) is 9.10. The van der Waals surface area contributed by atoms with Gasteiger partial charge in [0, 0.05) is 30.9 Å². The maximum atomic E-state index is 13.1. The van der Waals surface area contributed by atoms with Gasteiger partial charge in [0.1, 0.15) is 6.07 Å². The Morgan fingerprint density at radius 1 is 1.07 bits per heavy atom. The maximum Gasteiger partial charge on any atom is 0.416 e. The molecule has 10 heteroatoms. The number of rotatable bonds is 3. The summed E-state index contributed by atoms with van der Waals surface area (Å²) >= 11 is 6.12. The van der Waals surface area contributed by atoms with E-state index in [1.54, 1.807) is 25.1 Å². The SMILES string of the molecule is C[C@@H]1CN(c2ccc(C#N)c(Cl)c2)[C@@H](C)CN1S(=O)(=O)c1ccc(C(F)(F)F)cc1. The zero-order valence-electron chi connectivity index (χ0n) is 16.2. The van der Waals surface area contributed by atoms with Gasteiger partial charge in [-0.15, -0.1) is 0 Å². The molecule has 0 aliphatic carbocycles. The van der Waals surface area contributed by atoms with Crippen LogP contribution >= 0.6 is 11.6 Å². The summed E-state index contributed by atoms with van der Waals surface area (Å²) in [6.45, 7) is 4.12. The van der Waals surface area contributed by atoms with Crippen molar-refractivity contribution in [3.63, 3.8) is 0 Å². The van der Waals surface area contributed by atoms with E-state index in [0.29, 0.717) is 17.1 Å². The molecule has 1 fully saturated rings. The van der Waals surface area contributed by atoms with Gasteiger partial charge in [0.05, 0.1) is 21.0 Å². The van der Waals surface area contributed by atoms with Crippen LogP contribution in [-0.2, 0) is 16.2 Å². The molecular formula is C20H19ClF3N3O2S. The van der Waals surface area contributed by atoms with Crippen molar-refractivity contribution in [3.05, 3.63) is 58.6 Å². The summed E-state index contributed by atoms with van der Waals surface area (Å²) in [7, 11) is -3.96. The van der Waals surface area contributed by atoms with Crippen LogP contribution in [0.3, 0.4) is 0 Å². The number of alkyl halides is 3. The Labute approximate surface area is 178 Å². The molecule has 160 valence electrons. The number of anilines is 1. The molecule has 1 heterocycles. The Kier molecular flexibility index (Phi) is 6.05. The number of benzene rings is 2. The second-order valence-corrected chi connectivity index (χ2v) is 9.52. The summed E-state index contributed by atoms with van der Waals surface area (Å²) in [5, 5.41) is 9.34. The minimum absolute atomic E-state index is 0.155. The van der Waals surface area contributed by atoms with Crippen LogP contribution in [0.15, 0.2) is 47.4 Å². The number of sulfonamides is 1. The monoisotopic (exact) mass is 457 g/mol. The fraction of sp³-hybridized carbons (Fsp3) is 0.350. The van der Waals surface area contributed by atoms with Crippen LogP contribution in [0.5, 0.6) is 0 Å². The number of hydrogen-bond donors (Lipinski definition) is 0. The smallest absolute Gasteiger partial charge is 0.366 e. The summed E-state index contributed by atoms with van der Waals surface area (Å²) in [4.78, 5) is 1.82. The number of piperazine rings is 1. The third-order valence-corrected chi connectivity index (χ3v) is 7.43. The predicted octanol–water partition coefficient (Wildman–Crippen LogP) is 4.52. The number of hydrogen-bond acceptors (Lipinski definition) is 4. The Bertz CT molecular complexity index is 1080. The average molecular weight is 458 g/mol. The molecular weight excluding hydrogens is 439 g/mol. The number of nitriles is 1. The summed E-state index contributed by atoms with van der Waals surface area (Å²) in [5.41, 5.74) is 0.222. The minimum Gasteiger partial charge on any atom is -0.366 e. The van der Waals surface area contributed by atoms with Crippen LogP contribution in [0, 0.1) is 11.3 Å². The first-order chi connectivity index (χ1) is 13.9. The van der Waals surface area contributed by atoms with Crippen LogP contribution in [0.4, 0.5) is 18.9 Å². The molecule has 1 aliphatic rings. The van der Waals surface area contributed by atoms with Gasteiger partial charge in [-0.05, 0) is 56.3 Å². The zero-order valence-corrected chi connectivity index (χ0v) is 17.8. The van der Waals surface area contributed by atoms with Crippen molar-refractivity contribution in [3.8, 4) is 6.07 Å². The summed E-state index contributed by atoms with van der Waals surface area (Å²) in [6.07, 6.45) is -4.53. The van der Waals surface area contributed by atoms with Crippen molar-refractivity contribution < 1.29 is 21.6 Å². The van der Waals surface area contributed by atoms with Gasteiger partial charge in [-0.2, -0.15) is 22.7 Å². The van der Waals surface area contributed by atoms with E-state index in [-0.39, 0.29) is 17.5 Å². The van der Waals surface area contributed by atoms with E-state index in [4.69, 9.17) is 16.9 Å². The van der Waals surface area contributed by atoms with E-state index >= 15 is 0 Å². The van der Waals surface area contributed by atoms with Crippen LogP contribution < -0.4 is 4.90 Å². The molecule has 0 saturated carbocycles. The molecule has 0 N–H and O–H groups in total. The summed E-state index contributed by atoms with van der Waals surface area (Å²) in [6, 6.07) is 9.92. The van der Waals surface area contributed by atoms with Gasteiger partial charge >= 0.3 is 6.18 Å². The van der Waals surface area contributed by atoms with E-state index in [2.05, 4.69) is 0 Å². The highest BCUT2D eigenvalue weighted by Crippen LogP contribution is 2.32. The number of halogens is 4. The summed E-state index contributed by atoms with van der Waals surface area (Å²) < 4.78 is 65.7. The van der Waals surface area contributed by atoms with Crippen LogP contribution in [0.1, 0.15) is 25.0 Å². The molecule has 0 aromatic heterocycles. The quantitative estimate of drug-likeness (QED) is 0.679. The Morgan fingerprint density at radius 3 is 2.23 bits per heavy atom. The lowest BCUT2D eigenvalue weighted by atomic mass is 10.1. The fourth-order valence-electron chi connectivity index (χ4n) is 3.51. The van der Waals surface area contributed by atoms with Crippen molar-refractivity contribution in [2.24, 2.45) is 0 Å². The lowest BCUT2D eigenvalue weighted by Gasteiger charge is -2.44. The Balaban J connectivity index is 1.84. The van der Waals surface area contributed by atoms with Crippen molar-refractivity contribution >= 4 is 27.3 Å². The summed E-state index contributed by atoms with van der Waals surface area (Å²) in [5.74, 6) is 0. The Morgan fingerprint density at radius 2 is 1.70 bits per heavy atom. The van der Waals surface area contributed by atoms with Crippen molar-refractivity contribution in [2.75, 3.05) is 18.0 Å². The first kappa shape index (κ1) is 22.4. The molecule has 0 unspecified atom stereocenters. The minimum atomic E-state index is -4.53. The Hall–Kier alpha value is -2.28. The molecule has 2 aromatic carbocycles. The molecule has 5 nitrogen and oxygen atoms in total. The molecule has 0 radical (unpaired) electrons. The zero-order chi connectivity index (χ0) is 22.3. The van der Waals surface area contributed by atoms with E-state index < -0.39 is 27.8 Å². The fourth-order valence-corrected chi connectivity index (χ4v) is 5.43. The molecule has 2 aromatic rings. The normalized spacial score (nSPS) is 20.8.